The second-order valence-electron chi connectivity index (χ2n) is 18.1. The Hall–Kier alpha value is -4.19. The second-order valence-corrected chi connectivity index (χ2v) is 18.1. The van der Waals surface area contributed by atoms with Crippen LogP contribution in [0.15, 0.2) is 122 Å². The van der Waals surface area contributed by atoms with E-state index < -0.39 is 6.10 Å². The highest BCUT2D eigenvalue weighted by Crippen LogP contribution is 2.15. The average Bonchev–Trinajstić information content (AvgIpc) is 3.35. The van der Waals surface area contributed by atoms with E-state index in [0.717, 1.165) is 89.9 Å². The van der Waals surface area contributed by atoms with Crippen LogP contribution in [0.4, 0.5) is 0 Å². The lowest BCUT2D eigenvalue weighted by Crippen LogP contribution is -2.30. The molecule has 69 heavy (non-hydrogen) atoms. The SMILES string of the molecule is CC/C=C\C/C=C\C/C=C\C/C=C\C/C=C\CCCC(=O)OC(COC(=O)CC/C=C\C/C=C\C/C=C\C/C=C\C/C=C\CC)COC(=O)CCCCCCCCCCCCCCCCCCCC. The van der Waals surface area contributed by atoms with Crippen LogP contribution in [0.2, 0.25) is 0 Å². The summed E-state index contributed by atoms with van der Waals surface area (Å²) in [7, 11) is 0. The summed E-state index contributed by atoms with van der Waals surface area (Å²) in [6, 6.07) is 0. The van der Waals surface area contributed by atoms with E-state index in [2.05, 4.69) is 130 Å². The Bertz CT molecular complexity index is 1470. The van der Waals surface area contributed by atoms with Crippen LogP contribution < -0.4 is 0 Å². The molecule has 1 atom stereocenters. The molecule has 0 amide bonds. The molecule has 0 saturated carbocycles. The van der Waals surface area contributed by atoms with Gasteiger partial charge in [-0.1, -0.05) is 251 Å². The van der Waals surface area contributed by atoms with E-state index in [1.54, 1.807) is 0 Å². The van der Waals surface area contributed by atoms with Crippen LogP contribution in [-0.2, 0) is 28.6 Å². The third-order valence-corrected chi connectivity index (χ3v) is 11.5. The maximum Gasteiger partial charge on any atom is 0.306 e. The summed E-state index contributed by atoms with van der Waals surface area (Å²) in [5.41, 5.74) is 0. The van der Waals surface area contributed by atoms with E-state index in [0.29, 0.717) is 19.3 Å². The number of carbonyl (C=O) groups excluding carboxylic acids is 3. The molecule has 0 rings (SSSR count). The summed E-state index contributed by atoms with van der Waals surface area (Å²) in [5.74, 6) is -1.07. The number of carbonyl (C=O) groups is 3. The van der Waals surface area contributed by atoms with Gasteiger partial charge in [0.2, 0.25) is 0 Å². The third kappa shape index (κ3) is 54.6. The monoisotopic (exact) mass is 955 g/mol. The van der Waals surface area contributed by atoms with Gasteiger partial charge in [-0.15, -0.1) is 0 Å². The Labute approximate surface area is 424 Å². The van der Waals surface area contributed by atoms with Crippen LogP contribution >= 0.6 is 0 Å². The van der Waals surface area contributed by atoms with Crippen molar-refractivity contribution in [2.45, 2.75) is 245 Å². The molecular formula is C63H102O6. The van der Waals surface area contributed by atoms with Gasteiger partial charge in [-0.2, -0.15) is 0 Å². The molecule has 390 valence electrons. The number of unbranched alkanes of at least 4 members (excludes halogenated alkanes) is 18. The van der Waals surface area contributed by atoms with Crippen LogP contribution in [-0.4, -0.2) is 37.2 Å². The van der Waals surface area contributed by atoms with Gasteiger partial charge >= 0.3 is 17.9 Å². The first-order chi connectivity index (χ1) is 34.0. The van der Waals surface area contributed by atoms with Gasteiger partial charge < -0.3 is 14.2 Å². The molecule has 0 aromatic heterocycles. The lowest BCUT2D eigenvalue weighted by Gasteiger charge is -2.18. The van der Waals surface area contributed by atoms with Crippen LogP contribution in [0.25, 0.3) is 0 Å². The molecule has 1 unspecified atom stereocenters. The van der Waals surface area contributed by atoms with Gasteiger partial charge in [0, 0.05) is 19.3 Å². The zero-order chi connectivity index (χ0) is 50.0. The first-order valence-electron chi connectivity index (χ1n) is 28.0. The second kappa shape index (κ2) is 56.4. The van der Waals surface area contributed by atoms with Crippen LogP contribution in [0, 0.1) is 0 Å². The number of hydrogen-bond donors (Lipinski definition) is 0. The zero-order valence-corrected chi connectivity index (χ0v) is 44.5. The van der Waals surface area contributed by atoms with Crippen molar-refractivity contribution in [3.8, 4) is 0 Å². The van der Waals surface area contributed by atoms with Gasteiger partial charge in [0.15, 0.2) is 6.10 Å². The molecule has 0 spiro atoms. The Morgan fingerprint density at radius 1 is 0.304 bits per heavy atom. The molecule has 0 heterocycles. The van der Waals surface area contributed by atoms with Crippen molar-refractivity contribution in [2.75, 3.05) is 13.2 Å². The van der Waals surface area contributed by atoms with Crippen LogP contribution in [0.1, 0.15) is 239 Å². The topological polar surface area (TPSA) is 78.9 Å². The Morgan fingerprint density at radius 2 is 0.594 bits per heavy atom. The molecule has 0 aliphatic carbocycles. The first kappa shape index (κ1) is 64.8. The standard InChI is InChI=1S/C63H102O6/c1-4-7-10-13-16-19-22-25-28-31-33-35-38-41-44-47-50-53-56-62(65)68-59-60(58-67-61(64)55-52-49-46-43-40-37-34-30-27-24-21-18-15-12-9-6-3)69-63(66)57-54-51-48-45-42-39-36-32-29-26-23-20-17-14-11-8-5-2/h8-9,11-12,17-18,20-21,26-27,29-30,36-37,39-40,45-46,48-49,60H,4-7,10,13-16,19,22-25,28,31-35,38,41-44,47,50-59H2,1-3H3/b11-8-,12-9-,20-17-,21-18-,29-26-,30-27-,39-36-,40-37-,48-45-,49-46-. The van der Waals surface area contributed by atoms with Gasteiger partial charge in [-0.25, -0.2) is 0 Å². The highest BCUT2D eigenvalue weighted by molar-refractivity contribution is 5.71. The van der Waals surface area contributed by atoms with Crippen molar-refractivity contribution in [1.29, 1.82) is 0 Å². The maximum absolute atomic E-state index is 12.8. The van der Waals surface area contributed by atoms with Crippen molar-refractivity contribution in [3.63, 3.8) is 0 Å². The van der Waals surface area contributed by atoms with Gasteiger partial charge in [0.25, 0.3) is 0 Å². The predicted molar refractivity (Wildman–Crippen MR) is 297 cm³/mol. The smallest absolute Gasteiger partial charge is 0.306 e. The number of ether oxygens (including phenoxy) is 3. The number of allylic oxidation sites excluding steroid dienone is 20. The Morgan fingerprint density at radius 3 is 0.957 bits per heavy atom. The van der Waals surface area contributed by atoms with Crippen LogP contribution in [0.3, 0.4) is 0 Å². The normalized spacial score (nSPS) is 13.0. The molecule has 0 aliphatic heterocycles. The summed E-state index contributed by atoms with van der Waals surface area (Å²) < 4.78 is 16.7. The molecule has 0 N–H and O–H groups in total. The quantitative estimate of drug-likeness (QED) is 0.0262. The van der Waals surface area contributed by atoms with E-state index in [4.69, 9.17) is 14.2 Å². The molecule has 0 aliphatic rings. The number of hydrogen-bond acceptors (Lipinski definition) is 6. The molecule has 0 radical (unpaired) electrons. The molecule has 0 bridgehead atoms. The minimum Gasteiger partial charge on any atom is -0.462 e. The van der Waals surface area contributed by atoms with Crippen molar-refractivity contribution in [2.24, 2.45) is 0 Å². The first-order valence-corrected chi connectivity index (χ1v) is 28.0. The summed E-state index contributed by atoms with van der Waals surface area (Å²) in [4.78, 5) is 38.1. The number of rotatable bonds is 49. The average molecular weight is 956 g/mol. The Balaban J connectivity index is 4.56. The highest BCUT2D eigenvalue weighted by Gasteiger charge is 2.19. The summed E-state index contributed by atoms with van der Waals surface area (Å²) in [5, 5.41) is 0. The van der Waals surface area contributed by atoms with E-state index >= 15 is 0 Å². The zero-order valence-electron chi connectivity index (χ0n) is 44.5. The maximum atomic E-state index is 12.8. The molecule has 0 aromatic rings. The fraction of sp³-hybridized carbons (Fsp3) is 0.635. The minimum atomic E-state index is -0.840. The van der Waals surface area contributed by atoms with E-state index in [1.165, 1.54) is 96.3 Å². The Kier molecular flexibility index (Phi) is 53.0. The molecule has 6 nitrogen and oxygen atoms in total. The van der Waals surface area contributed by atoms with E-state index in [-0.39, 0.29) is 44.0 Å². The molecule has 0 fully saturated rings. The summed E-state index contributed by atoms with van der Waals surface area (Å²) in [6.45, 7) is 6.30. The van der Waals surface area contributed by atoms with Crippen molar-refractivity contribution >= 4 is 17.9 Å². The van der Waals surface area contributed by atoms with E-state index in [1.807, 2.05) is 12.2 Å². The highest BCUT2D eigenvalue weighted by atomic mass is 16.6. The van der Waals surface area contributed by atoms with Gasteiger partial charge in [-0.3, -0.25) is 14.4 Å². The summed E-state index contributed by atoms with van der Waals surface area (Å²) >= 11 is 0. The largest absolute Gasteiger partial charge is 0.462 e. The van der Waals surface area contributed by atoms with Gasteiger partial charge in [0.05, 0.1) is 0 Å². The van der Waals surface area contributed by atoms with Crippen LogP contribution in [0.5, 0.6) is 0 Å². The molecule has 6 heteroatoms. The molecule has 0 saturated heterocycles. The third-order valence-electron chi connectivity index (χ3n) is 11.5. The molecular weight excluding hydrogens is 853 g/mol. The van der Waals surface area contributed by atoms with Crippen molar-refractivity contribution in [1.82, 2.24) is 0 Å². The minimum absolute atomic E-state index is 0.125. The number of esters is 3. The van der Waals surface area contributed by atoms with Gasteiger partial charge in [-0.05, 0) is 89.9 Å². The van der Waals surface area contributed by atoms with Crippen molar-refractivity contribution < 1.29 is 28.6 Å². The summed E-state index contributed by atoms with van der Waals surface area (Å²) in [6.07, 6.45) is 77.8. The van der Waals surface area contributed by atoms with E-state index in [9.17, 15) is 14.4 Å². The lowest BCUT2D eigenvalue weighted by atomic mass is 10.0. The fourth-order valence-corrected chi connectivity index (χ4v) is 7.35. The molecule has 0 aromatic carbocycles. The van der Waals surface area contributed by atoms with Gasteiger partial charge in [0.1, 0.15) is 13.2 Å². The fourth-order valence-electron chi connectivity index (χ4n) is 7.35. The lowest BCUT2D eigenvalue weighted by molar-refractivity contribution is -0.166. The van der Waals surface area contributed by atoms with Crippen molar-refractivity contribution in [3.05, 3.63) is 122 Å². The predicted octanol–water partition coefficient (Wildman–Crippen LogP) is 18.9.